The lowest BCUT2D eigenvalue weighted by Gasteiger charge is -2.31. The number of amides is 2. The zero-order valence-corrected chi connectivity index (χ0v) is 19.5. The number of carbonyl (C=O) groups excluding carboxylic acids is 2. The number of halogens is 1. The number of nitrogens with one attached hydrogen (secondary N) is 1. The quantitative estimate of drug-likeness (QED) is 0.384. The number of benzene rings is 4. The van der Waals surface area contributed by atoms with Crippen molar-refractivity contribution < 1.29 is 18.7 Å². The Labute approximate surface area is 204 Å². The second-order valence-electron chi connectivity index (χ2n) is 8.23. The van der Waals surface area contributed by atoms with Crippen molar-refractivity contribution in [2.45, 2.75) is 19.0 Å². The molecule has 1 atom stereocenters. The Balaban J connectivity index is 1.61. The Kier molecular flexibility index (Phi) is 7.73. The summed E-state index contributed by atoms with van der Waals surface area (Å²) in [7, 11) is 1.55. The van der Waals surface area contributed by atoms with Gasteiger partial charge in [0.05, 0.1) is 0 Å². The Morgan fingerprint density at radius 2 is 1.54 bits per heavy atom. The molecule has 6 heteroatoms. The van der Waals surface area contributed by atoms with Gasteiger partial charge in [0.2, 0.25) is 5.91 Å². The highest BCUT2D eigenvalue weighted by Crippen LogP contribution is 2.25. The molecule has 0 aliphatic heterocycles. The first-order valence-electron chi connectivity index (χ1n) is 11.4. The van der Waals surface area contributed by atoms with Crippen LogP contribution in [0.4, 0.5) is 4.39 Å². The van der Waals surface area contributed by atoms with Gasteiger partial charge in [-0.1, -0.05) is 78.9 Å². The topological polar surface area (TPSA) is 58.6 Å². The minimum absolute atomic E-state index is 0.142. The molecule has 0 aliphatic rings. The van der Waals surface area contributed by atoms with Crippen molar-refractivity contribution in [3.8, 4) is 5.75 Å². The standard InChI is InChI=1S/C29H27FN2O3/c1-31-29(34)26(18-21-8-3-2-4-9-21)32(19-22-14-16-24(30)17-15-22)28(33)20-35-27-13-7-11-23-10-5-6-12-25(23)27/h2-17,26H,18-20H2,1H3,(H,31,34)/t26-/m1/s1. The highest BCUT2D eigenvalue weighted by Gasteiger charge is 2.30. The molecule has 178 valence electrons. The summed E-state index contributed by atoms with van der Waals surface area (Å²) in [5, 5.41) is 4.59. The molecule has 5 nitrogen and oxygen atoms in total. The molecule has 0 radical (unpaired) electrons. The van der Waals surface area contributed by atoms with Gasteiger partial charge in [-0.25, -0.2) is 4.39 Å². The highest BCUT2D eigenvalue weighted by molar-refractivity contribution is 5.90. The van der Waals surface area contributed by atoms with Crippen LogP contribution in [0.1, 0.15) is 11.1 Å². The molecule has 0 saturated heterocycles. The predicted octanol–water partition coefficient (Wildman–Crippen LogP) is 4.74. The molecule has 1 N–H and O–H groups in total. The van der Waals surface area contributed by atoms with E-state index in [2.05, 4.69) is 5.32 Å². The largest absolute Gasteiger partial charge is 0.483 e. The van der Waals surface area contributed by atoms with Crippen molar-refractivity contribution in [2.24, 2.45) is 0 Å². The second kappa shape index (κ2) is 11.3. The fourth-order valence-corrected chi connectivity index (χ4v) is 4.05. The molecular formula is C29H27FN2O3. The van der Waals surface area contributed by atoms with Gasteiger partial charge in [-0.3, -0.25) is 9.59 Å². The van der Waals surface area contributed by atoms with Crippen LogP contribution in [-0.4, -0.2) is 36.4 Å². The van der Waals surface area contributed by atoms with Gasteiger partial charge < -0.3 is 15.0 Å². The third kappa shape index (κ3) is 6.03. The average Bonchev–Trinajstić information content (AvgIpc) is 2.90. The number of likely N-dealkylation sites (N-methyl/N-ethyl adjacent to an activating group) is 1. The van der Waals surface area contributed by atoms with Gasteiger partial charge in [-0.2, -0.15) is 0 Å². The maximum atomic E-state index is 13.5. The van der Waals surface area contributed by atoms with Crippen LogP contribution in [0.25, 0.3) is 10.8 Å². The van der Waals surface area contributed by atoms with Gasteiger partial charge >= 0.3 is 0 Å². The number of carbonyl (C=O) groups is 2. The van der Waals surface area contributed by atoms with Gasteiger partial charge in [-0.05, 0) is 34.7 Å². The summed E-state index contributed by atoms with van der Waals surface area (Å²) < 4.78 is 19.4. The molecule has 0 heterocycles. The second-order valence-corrected chi connectivity index (χ2v) is 8.23. The number of fused-ring (bicyclic) bond motifs is 1. The van der Waals surface area contributed by atoms with E-state index in [1.165, 1.54) is 17.0 Å². The number of hydrogen-bond acceptors (Lipinski definition) is 3. The van der Waals surface area contributed by atoms with E-state index >= 15 is 0 Å². The summed E-state index contributed by atoms with van der Waals surface area (Å²) in [5.41, 5.74) is 1.64. The molecular weight excluding hydrogens is 443 g/mol. The molecule has 4 rings (SSSR count). The molecule has 0 bridgehead atoms. The fourth-order valence-electron chi connectivity index (χ4n) is 4.05. The number of ether oxygens (including phenoxy) is 1. The van der Waals surface area contributed by atoms with Crippen molar-refractivity contribution in [1.29, 1.82) is 0 Å². The molecule has 35 heavy (non-hydrogen) atoms. The van der Waals surface area contributed by atoms with Gasteiger partial charge in [0.25, 0.3) is 5.91 Å². The molecule has 0 aliphatic carbocycles. The lowest BCUT2D eigenvalue weighted by atomic mass is 10.0. The normalized spacial score (nSPS) is 11.6. The van der Waals surface area contributed by atoms with E-state index in [4.69, 9.17) is 4.74 Å². The summed E-state index contributed by atoms with van der Waals surface area (Å²) in [5.74, 6) is -0.392. The van der Waals surface area contributed by atoms with Crippen LogP contribution in [0.5, 0.6) is 5.75 Å². The van der Waals surface area contributed by atoms with Crippen molar-refractivity contribution >= 4 is 22.6 Å². The van der Waals surface area contributed by atoms with E-state index in [1.54, 1.807) is 19.2 Å². The van der Waals surface area contributed by atoms with Gasteiger partial charge in [0, 0.05) is 25.4 Å². The van der Waals surface area contributed by atoms with E-state index in [0.717, 1.165) is 16.3 Å². The zero-order chi connectivity index (χ0) is 24.6. The first-order valence-corrected chi connectivity index (χ1v) is 11.4. The van der Waals surface area contributed by atoms with E-state index in [-0.39, 0.29) is 30.8 Å². The Hall–Kier alpha value is -4.19. The summed E-state index contributed by atoms with van der Waals surface area (Å²) in [6.45, 7) is -0.0968. The monoisotopic (exact) mass is 470 g/mol. The van der Waals surface area contributed by atoms with Crippen molar-refractivity contribution in [2.75, 3.05) is 13.7 Å². The molecule has 4 aromatic carbocycles. The lowest BCUT2D eigenvalue weighted by Crippen LogP contribution is -2.51. The van der Waals surface area contributed by atoms with Crippen molar-refractivity contribution in [3.05, 3.63) is 114 Å². The number of rotatable bonds is 9. The molecule has 0 unspecified atom stereocenters. The average molecular weight is 471 g/mol. The van der Waals surface area contributed by atoms with Crippen LogP contribution < -0.4 is 10.1 Å². The van der Waals surface area contributed by atoms with Gasteiger partial charge in [-0.15, -0.1) is 0 Å². The zero-order valence-electron chi connectivity index (χ0n) is 19.5. The Morgan fingerprint density at radius 3 is 2.29 bits per heavy atom. The summed E-state index contributed by atoms with van der Waals surface area (Å²) in [4.78, 5) is 28.0. The van der Waals surface area contributed by atoms with Crippen LogP contribution in [0.15, 0.2) is 97.1 Å². The molecule has 0 aromatic heterocycles. The smallest absolute Gasteiger partial charge is 0.261 e. The fraction of sp³-hybridized carbons (Fsp3) is 0.172. The van der Waals surface area contributed by atoms with Gasteiger partial charge in [0.1, 0.15) is 17.6 Å². The van der Waals surface area contributed by atoms with Crippen molar-refractivity contribution in [3.63, 3.8) is 0 Å². The summed E-state index contributed by atoms with van der Waals surface area (Å²) in [6.07, 6.45) is 0.335. The van der Waals surface area contributed by atoms with E-state index in [9.17, 15) is 14.0 Å². The molecule has 0 fully saturated rings. The first-order chi connectivity index (χ1) is 17.0. The van der Waals surface area contributed by atoms with E-state index < -0.39 is 6.04 Å². The lowest BCUT2D eigenvalue weighted by molar-refractivity contribution is -0.142. The van der Waals surface area contributed by atoms with Crippen LogP contribution in [0.3, 0.4) is 0 Å². The Bertz CT molecular complexity index is 1290. The third-order valence-electron chi connectivity index (χ3n) is 5.88. The Morgan fingerprint density at radius 1 is 0.857 bits per heavy atom. The minimum Gasteiger partial charge on any atom is -0.483 e. The predicted molar refractivity (Wildman–Crippen MR) is 134 cm³/mol. The molecule has 2 amide bonds. The van der Waals surface area contributed by atoms with Gasteiger partial charge in [0.15, 0.2) is 6.61 Å². The number of nitrogens with zero attached hydrogens (tertiary/aromatic N) is 1. The molecule has 0 saturated carbocycles. The molecule has 4 aromatic rings. The van der Waals surface area contributed by atoms with E-state index in [1.807, 2.05) is 72.8 Å². The van der Waals surface area contributed by atoms with Crippen LogP contribution in [-0.2, 0) is 22.6 Å². The van der Waals surface area contributed by atoms with Crippen molar-refractivity contribution in [1.82, 2.24) is 10.2 Å². The van der Waals surface area contributed by atoms with Crippen LogP contribution >= 0.6 is 0 Å². The molecule has 0 spiro atoms. The summed E-state index contributed by atoms with van der Waals surface area (Å²) in [6, 6.07) is 28.1. The summed E-state index contributed by atoms with van der Waals surface area (Å²) >= 11 is 0. The maximum Gasteiger partial charge on any atom is 0.261 e. The minimum atomic E-state index is -0.768. The maximum absolute atomic E-state index is 13.5. The van der Waals surface area contributed by atoms with Crippen LogP contribution in [0.2, 0.25) is 0 Å². The third-order valence-corrected chi connectivity index (χ3v) is 5.88. The first kappa shape index (κ1) is 24.0. The number of hydrogen-bond donors (Lipinski definition) is 1. The van der Waals surface area contributed by atoms with Crippen LogP contribution in [0, 0.1) is 5.82 Å². The highest BCUT2D eigenvalue weighted by atomic mass is 19.1. The van der Waals surface area contributed by atoms with E-state index in [0.29, 0.717) is 17.7 Å². The SMILES string of the molecule is CNC(=O)[C@@H](Cc1ccccc1)N(Cc1ccc(F)cc1)C(=O)COc1cccc2ccccc12.